The van der Waals surface area contributed by atoms with E-state index < -0.39 is 24.6 Å². The number of halogens is 3. The van der Waals surface area contributed by atoms with Gasteiger partial charge in [0.15, 0.2) is 0 Å². The summed E-state index contributed by atoms with van der Waals surface area (Å²) in [5.41, 5.74) is -0.522. The van der Waals surface area contributed by atoms with Crippen LogP contribution in [-0.4, -0.2) is 20.9 Å². The number of aromatic nitrogens is 2. The van der Waals surface area contributed by atoms with Crippen LogP contribution in [0.15, 0.2) is 6.07 Å². The number of carboxylic acids is 1. The third-order valence-corrected chi connectivity index (χ3v) is 1.56. The Morgan fingerprint density at radius 2 is 2.38 bits per heavy atom. The smallest absolute Gasteiger partial charge is 0.325 e. The van der Waals surface area contributed by atoms with Crippen LogP contribution in [0.1, 0.15) is 12.1 Å². The predicted octanol–water partition coefficient (Wildman–Crippen LogP) is 1.56. The highest BCUT2D eigenvalue weighted by Gasteiger charge is 2.15. The van der Waals surface area contributed by atoms with Crippen molar-refractivity contribution in [2.45, 2.75) is 13.0 Å². The molecule has 0 saturated carbocycles. The third-order valence-electron chi connectivity index (χ3n) is 1.26. The van der Waals surface area contributed by atoms with E-state index in [0.29, 0.717) is 0 Å². The fourth-order valence-corrected chi connectivity index (χ4v) is 0.968. The van der Waals surface area contributed by atoms with Gasteiger partial charge in [-0.2, -0.15) is 5.10 Å². The molecule has 0 aliphatic carbocycles. The maximum atomic E-state index is 12.0. The minimum absolute atomic E-state index is 0.113. The topological polar surface area (TPSA) is 55.1 Å². The molecule has 0 saturated heterocycles. The second kappa shape index (κ2) is 3.69. The van der Waals surface area contributed by atoms with E-state index in [-0.39, 0.29) is 5.15 Å². The zero-order chi connectivity index (χ0) is 10.0. The normalized spacial score (nSPS) is 10.8. The number of carboxylic acid groups (broad SMARTS) is 1. The molecule has 1 N–H and O–H groups in total. The van der Waals surface area contributed by atoms with Crippen LogP contribution in [0, 0.1) is 0 Å². The van der Waals surface area contributed by atoms with Gasteiger partial charge in [0.2, 0.25) is 0 Å². The first-order chi connectivity index (χ1) is 6.00. The lowest BCUT2D eigenvalue weighted by Crippen LogP contribution is -2.10. The van der Waals surface area contributed by atoms with Gasteiger partial charge in [-0.3, -0.25) is 4.79 Å². The molecular weight excluding hydrogens is 206 g/mol. The van der Waals surface area contributed by atoms with Crippen molar-refractivity contribution in [2.24, 2.45) is 0 Å². The lowest BCUT2D eigenvalue weighted by atomic mass is 10.5. The average Bonchev–Trinajstić information content (AvgIpc) is 2.31. The maximum Gasteiger partial charge on any atom is 0.325 e. The van der Waals surface area contributed by atoms with Crippen molar-refractivity contribution in [2.75, 3.05) is 0 Å². The van der Waals surface area contributed by atoms with E-state index in [9.17, 15) is 13.6 Å². The monoisotopic (exact) mass is 210 g/mol. The molecule has 0 bridgehead atoms. The second-order valence-corrected chi connectivity index (χ2v) is 2.63. The van der Waals surface area contributed by atoms with Gasteiger partial charge in [0.05, 0.1) is 0 Å². The molecule has 4 nitrogen and oxygen atoms in total. The van der Waals surface area contributed by atoms with Crippen molar-refractivity contribution in [1.29, 1.82) is 0 Å². The summed E-state index contributed by atoms with van der Waals surface area (Å²) in [5.74, 6) is -1.19. The molecule has 0 fully saturated rings. The lowest BCUT2D eigenvalue weighted by molar-refractivity contribution is -0.137. The summed E-state index contributed by atoms with van der Waals surface area (Å²) in [4.78, 5) is 10.2. The van der Waals surface area contributed by atoms with Gasteiger partial charge >= 0.3 is 5.97 Å². The van der Waals surface area contributed by atoms with Gasteiger partial charge in [-0.1, -0.05) is 11.6 Å². The van der Waals surface area contributed by atoms with Crippen LogP contribution in [0.2, 0.25) is 5.15 Å². The summed E-state index contributed by atoms with van der Waals surface area (Å²) in [7, 11) is 0. The van der Waals surface area contributed by atoms with Gasteiger partial charge in [0.1, 0.15) is 17.4 Å². The first kappa shape index (κ1) is 9.91. The molecule has 13 heavy (non-hydrogen) atoms. The van der Waals surface area contributed by atoms with Crippen molar-refractivity contribution >= 4 is 17.6 Å². The van der Waals surface area contributed by atoms with E-state index >= 15 is 0 Å². The first-order valence-electron chi connectivity index (χ1n) is 3.24. The molecule has 0 atom stereocenters. The third kappa shape index (κ3) is 2.38. The van der Waals surface area contributed by atoms with Crippen LogP contribution in [0.4, 0.5) is 8.78 Å². The predicted molar refractivity (Wildman–Crippen MR) is 39.8 cm³/mol. The van der Waals surface area contributed by atoms with Gasteiger partial charge in [0.25, 0.3) is 6.43 Å². The Hall–Kier alpha value is -1.17. The van der Waals surface area contributed by atoms with E-state index in [0.717, 1.165) is 10.7 Å². The summed E-state index contributed by atoms with van der Waals surface area (Å²) < 4.78 is 24.8. The number of rotatable bonds is 3. The van der Waals surface area contributed by atoms with Gasteiger partial charge < -0.3 is 5.11 Å². The Bertz CT molecular complexity index is 326. The van der Waals surface area contributed by atoms with Crippen LogP contribution in [0.5, 0.6) is 0 Å². The van der Waals surface area contributed by atoms with Crippen molar-refractivity contribution in [3.63, 3.8) is 0 Å². The number of hydrogen-bond donors (Lipinski definition) is 1. The molecule has 0 radical (unpaired) electrons. The van der Waals surface area contributed by atoms with E-state index in [1.165, 1.54) is 0 Å². The highest BCUT2D eigenvalue weighted by Crippen LogP contribution is 2.20. The Kier molecular flexibility index (Phi) is 2.82. The summed E-state index contributed by atoms with van der Waals surface area (Å²) in [6.45, 7) is -0.522. The molecule has 7 heteroatoms. The Labute approximate surface area is 76.7 Å². The Morgan fingerprint density at radius 1 is 1.77 bits per heavy atom. The molecule has 0 unspecified atom stereocenters. The van der Waals surface area contributed by atoms with Crippen LogP contribution in [0.3, 0.4) is 0 Å². The van der Waals surface area contributed by atoms with Crippen LogP contribution in [-0.2, 0) is 11.3 Å². The SMILES string of the molecule is O=C(O)Cn1nc(C(F)F)cc1Cl. The summed E-state index contributed by atoms with van der Waals surface area (Å²) >= 11 is 5.44. The van der Waals surface area contributed by atoms with Gasteiger partial charge in [-0.05, 0) is 0 Å². The van der Waals surface area contributed by atoms with Crippen LogP contribution in [0.25, 0.3) is 0 Å². The molecule has 72 valence electrons. The molecule has 0 amide bonds. The molecule has 0 aliphatic rings. The van der Waals surface area contributed by atoms with Gasteiger partial charge in [-0.25, -0.2) is 13.5 Å². The van der Waals surface area contributed by atoms with Crippen molar-refractivity contribution in [1.82, 2.24) is 9.78 Å². The maximum absolute atomic E-state index is 12.0. The van der Waals surface area contributed by atoms with E-state index in [4.69, 9.17) is 16.7 Å². The molecule has 0 aliphatic heterocycles. The quantitative estimate of drug-likeness (QED) is 0.824. The first-order valence-corrected chi connectivity index (χ1v) is 3.61. The van der Waals surface area contributed by atoms with E-state index in [2.05, 4.69) is 5.10 Å². The van der Waals surface area contributed by atoms with Crippen molar-refractivity contribution in [3.8, 4) is 0 Å². The molecule has 1 aromatic rings. The Morgan fingerprint density at radius 3 is 2.77 bits per heavy atom. The fraction of sp³-hybridized carbons (Fsp3) is 0.333. The van der Waals surface area contributed by atoms with Crippen molar-refractivity contribution in [3.05, 3.63) is 16.9 Å². The second-order valence-electron chi connectivity index (χ2n) is 2.24. The minimum Gasteiger partial charge on any atom is -0.480 e. The van der Waals surface area contributed by atoms with Gasteiger partial charge in [0, 0.05) is 6.07 Å². The van der Waals surface area contributed by atoms with E-state index in [1.54, 1.807) is 0 Å². The lowest BCUT2D eigenvalue weighted by Gasteiger charge is -1.96. The zero-order valence-corrected chi connectivity index (χ0v) is 7.00. The van der Waals surface area contributed by atoms with Crippen LogP contribution < -0.4 is 0 Å². The van der Waals surface area contributed by atoms with Gasteiger partial charge in [-0.15, -0.1) is 0 Å². The number of hydrogen-bond acceptors (Lipinski definition) is 2. The highest BCUT2D eigenvalue weighted by molar-refractivity contribution is 6.29. The fourth-order valence-electron chi connectivity index (χ4n) is 0.758. The standard InChI is InChI=1S/C6H5ClF2N2O2/c7-4-1-3(6(8)9)10-11(4)2-5(12)13/h1,6H,2H2,(H,12,13). The largest absolute Gasteiger partial charge is 0.480 e. The molecule has 0 spiro atoms. The molecule has 1 heterocycles. The molecule has 1 rings (SSSR count). The summed E-state index contributed by atoms with van der Waals surface area (Å²) in [5, 5.41) is 11.5. The average molecular weight is 211 g/mol. The summed E-state index contributed by atoms with van der Waals surface area (Å²) in [6.07, 6.45) is -2.74. The highest BCUT2D eigenvalue weighted by atomic mass is 35.5. The Balaban J connectivity index is 2.89. The minimum atomic E-state index is -2.74. The number of alkyl halides is 2. The van der Waals surface area contributed by atoms with E-state index in [1.807, 2.05) is 0 Å². The molecule has 0 aromatic carbocycles. The molecule has 1 aromatic heterocycles. The van der Waals surface area contributed by atoms with Crippen molar-refractivity contribution < 1.29 is 18.7 Å². The number of aliphatic carboxylic acids is 1. The summed E-state index contributed by atoms with van der Waals surface area (Å²) in [6, 6.07) is 0.940. The zero-order valence-electron chi connectivity index (χ0n) is 6.25. The number of carbonyl (C=O) groups is 1. The van der Waals surface area contributed by atoms with Crippen LogP contribution >= 0.6 is 11.6 Å². The number of nitrogens with zero attached hydrogens (tertiary/aromatic N) is 2. The molecular formula is C6H5ClF2N2O2.